The van der Waals surface area contributed by atoms with Crippen LogP contribution in [0.2, 0.25) is 0 Å². The highest BCUT2D eigenvalue weighted by molar-refractivity contribution is 5.76. The number of hydrogen-bond acceptors (Lipinski definition) is 3. The number of carbonyl (C=O) groups excluding carboxylic acids is 1. The van der Waals surface area contributed by atoms with Crippen molar-refractivity contribution in [1.82, 2.24) is 10.2 Å². The van der Waals surface area contributed by atoms with Gasteiger partial charge < -0.3 is 15.0 Å². The van der Waals surface area contributed by atoms with Crippen LogP contribution in [-0.2, 0) is 9.53 Å². The van der Waals surface area contributed by atoms with Gasteiger partial charge in [-0.25, -0.2) is 0 Å². The maximum Gasteiger partial charge on any atom is 0.223 e. The van der Waals surface area contributed by atoms with Crippen LogP contribution in [0, 0.1) is 0 Å². The molecule has 17 heavy (non-hydrogen) atoms. The first-order valence-electron chi connectivity index (χ1n) is 6.95. The Balaban J connectivity index is 1.58. The summed E-state index contributed by atoms with van der Waals surface area (Å²) in [7, 11) is 0. The summed E-state index contributed by atoms with van der Waals surface area (Å²) in [6, 6.07) is 0.456. The summed E-state index contributed by atoms with van der Waals surface area (Å²) < 4.78 is 5.40. The van der Waals surface area contributed by atoms with Crippen LogP contribution in [-0.4, -0.2) is 49.7 Å². The van der Waals surface area contributed by atoms with Crippen LogP contribution < -0.4 is 5.32 Å². The number of piperidine rings is 1. The Morgan fingerprint density at radius 3 is 2.76 bits per heavy atom. The van der Waals surface area contributed by atoms with Crippen molar-refractivity contribution in [2.24, 2.45) is 0 Å². The Kier molecular flexibility index (Phi) is 5.26. The summed E-state index contributed by atoms with van der Waals surface area (Å²) in [6.45, 7) is 4.42. The number of carbonyl (C=O) groups is 1. The number of hydrogen-bond donors (Lipinski definition) is 1. The number of nitrogens with zero attached hydrogens (tertiary/aromatic N) is 1. The van der Waals surface area contributed by atoms with E-state index in [0.29, 0.717) is 18.4 Å². The first kappa shape index (κ1) is 12.8. The Bertz CT molecular complexity index is 234. The average Bonchev–Trinajstić information content (AvgIpc) is 2.41. The van der Waals surface area contributed by atoms with Crippen molar-refractivity contribution in [3.05, 3.63) is 0 Å². The molecule has 0 bridgehead atoms. The molecule has 0 saturated carbocycles. The quantitative estimate of drug-likeness (QED) is 0.801. The maximum absolute atomic E-state index is 11.9. The van der Waals surface area contributed by atoms with Crippen LogP contribution >= 0.6 is 0 Å². The summed E-state index contributed by atoms with van der Waals surface area (Å²) in [5.41, 5.74) is 0. The van der Waals surface area contributed by atoms with Gasteiger partial charge >= 0.3 is 0 Å². The van der Waals surface area contributed by atoms with Gasteiger partial charge in [0.1, 0.15) is 0 Å². The molecule has 0 spiro atoms. The van der Waals surface area contributed by atoms with E-state index in [4.69, 9.17) is 4.74 Å². The first-order chi connectivity index (χ1) is 8.36. The molecule has 2 aliphatic heterocycles. The lowest BCUT2D eigenvalue weighted by Gasteiger charge is -2.27. The number of likely N-dealkylation sites (tertiary alicyclic amines) is 1. The maximum atomic E-state index is 11.9. The van der Waals surface area contributed by atoms with Crippen LogP contribution in [0.4, 0.5) is 0 Å². The van der Waals surface area contributed by atoms with Crippen LogP contribution in [0.5, 0.6) is 0 Å². The van der Waals surface area contributed by atoms with Crippen molar-refractivity contribution in [3.8, 4) is 0 Å². The summed E-state index contributed by atoms with van der Waals surface area (Å²) in [5, 5.41) is 3.42. The van der Waals surface area contributed by atoms with Gasteiger partial charge in [-0.05, 0) is 32.1 Å². The number of ether oxygens (including phenoxy) is 1. The molecule has 0 aromatic carbocycles. The molecule has 1 atom stereocenters. The van der Waals surface area contributed by atoms with E-state index in [-0.39, 0.29) is 0 Å². The molecule has 1 amide bonds. The summed E-state index contributed by atoms with van der Waals surface area (Å²) in [6.07, 6.45) is 6.58. The van der Waals surface area contributed by atoms with Crippen LogP contribution in [0.15, 0.2) is 0 Å². The van der Waals surface area contributed by atoms with Crippen molar-refractivity contribution in [2.45, 2.75) is 44.6 Å². The van der Waals surface area contributed by atoms with Gasteiger partial charge in [0, 0.05) is 38.7 Å². The number of nitrogens with one attached hydrogen (secondary N) is 1. The molecule has 98 valence electrons. The summed E-state index contributed by atoms with van der Waals surface area (Å²) in [4.78, 5) is 13.9. The van der Waals surface area contributed by atoms with Gasteiger partial charge in [0.05, 0.1) is 6.61 Å². The SMILES string of the molecule is O=C(CCNC1CCCOC1)N1CCCCC1. The molecule has 0 radical (unpaired) electrons. The molecule has 1 N–H and O–H groups in total. The van der Waals surface area contributed by atoms with E-state index in [1.54, 1.807) is 0 Å². The predicted molar refractivity (Wildman–Crippen MR) is 66.9 cm³/mol. The van der Waals surface area contributed by atoms with Gasteiger partial charge in [-0.1, -0.05) is 0 Å². The van der Waals surface area contributed by atoms with E-state index in [9.17, 15) is 4.79 Å². The molecule has 4 nitrogen and oxygen atoms in total. The molecular formula is C13H24N2O2. The third-order valence-corrected chi connectivity index (χ3v) is 3.64. The van der Waals surface area contributed by atoms with E-state index in [2.05, 4.69) is 5.32 Å². The second-order valence-electron chi connectivity index (χ2n) is 5.06. The largest absolute Gasteiger partial charge is 0.380 e. The van der Waals surface area contributed by atoms with Gasteiger partial charge in [-0.3, -0.25) is 4.79 Å². The van der Waals surface area contributed by atoms with E-state index >= 15 is 0 Å². The molecule has 2 heterocycles. The van der Waals surface area contributed by atoms with E-state index < -0.39 is 0 Å². The lowest BCUT2D eigenvalue weighted by Crippen LogP contribution is -2.41. The fraction of sp³-hybridized carbons (Fsp3) is 0.923. The molecular weight excluding hydrogens is 216 g/mol. The lowest BCUT2D eigenvalue weighted by molar-refractivity contribution is -0.132. The van der Waals surface area contributed by atoms with Gasteiger partial charge in [-0.15, -0.1) is 0 Å². The van der Waals surface area contributed by atoms with Crippen LogP contribution in [0.25, 0.3) is 0 Å². The molecule has 1 unspecified atom stereocenters. The van der Waals surface area contributed by atoms with E-state index in [1.165, 1.54) is 25.7 Å². The predicted octanol–water partition coefficient (Wildman–Crippen LogP) is 1.16. The highest BCUT2D eigenvalue weighted by Gasteiger charge is 2.17. The number of amides is 1. The fourth-order valence-electron chi connectivity index (χ4n) is 2.59. The summed E-state index contributed by atoms with van der Waals surface area (Å²) in [5.74, 6) is 0.314. The highest BCUT2D eigenvalue weighted by atomic mass is 16.5. The van der Waals surface area contributed by atoms with Crippen molar-refractivity contribution < 1.29 is 9.53 Å². The molecule has 0 aromatic rings. The van der Waals surface area contributed by atoms with Gasteiger partial charge in [-0.2, -0.15) is 0 Å². The van der Waals surface area contributed by atoms with Gasteiger partial charge in [0.25, 0.3) is 0 Å². The first-order valence-corrected chi connectivity index (χ1v) is 6.95. The number of rotatable bonds is 4. The lowest BCUT2D eigenvalue weighted by atomic mass is 10.1. The molecule has 0 aromatic heterocycles. The molecule has 2 rings (SSSR count). The topological polar surface area (TPSA) is 41.6 Å². The summed E-state index contributed by atoms with van der Waals surface area (Å²) >= 11 is 0. The molecule has 2 aliphatic rings. The fourth-order valence-corrected chi connectivity index (χ4v) is 2.59. The zero-order chi connectivity index (χ0) is 11.9. The van der Waals surface area contributed by atoms with Gasteiger partial charge in [0.2, 0.25) is 5.91 Å². The zero-order valence-corrected chi connectivity index (χ0v) is 10.6. The molecule has 0 aliphatic carbocycles. The third-order valence-electron chi connectivity index (χ3n) is 3.64. The Morgan fingerprint density at radius 1 is 1.24 bits per heavy atom. The van der Waals surface area contributed by atoms with Crippen LogP contribution in [0.3, 0.4) is 0 Å². The van der Waals surface area contributed by atoms with Crippen molar-refractivity contribution in [1.29, 1.82) is 0 Å². The average molecular weight is 240 g/mol. The third kappa shape index (κ3) is 4.28. The van der Waals surface area contributed by atoms with E-state index in [1.807, 2.05) is 4.90 Å². The molecule has 4 heteroatoms. The normalized spacial score (nSPS) is 25.9. The Labute approximate surface area is 104 Å². The van der Waals surface area contributed by atoms with Crippen molar-refractivity contribution >= 4 is 5.91 Å². The Hall–Kier alpha value is -0.610. The van der Waals surface area contributed by atoms with Gasteiger partial charge in [0.15, 0.2) is 0 Å². The second-order valence-corrected chi connectivity index (χ2v) is 5.06. The molecule has 2 saturated heterocycles. The van der Waals surface area contributed by atoms with E-state index in [0.717, 1.165) is 39.3 Å². The zero-order valence-electron chi connectivity index (χ0n) is 10.6. The monoisotopic (exact) mass is 240 g/mol. The van der Waals surface area contributed by atoms with Crippen molar-refractivity contribution in [3.63, 3.8) is 0 Å². The highest BCUT2D eigenvalue weighted by Crippen LogP contribution is 2.10. The minimum absolute atomic E-state index is 0.314. The minimum atomic E-state index is 0.314. The Morgan fingerprint density at radius 2 is 2.06 bits per heavy atom. The second kappa shape index (κ2) is 6.97. The molecule has 2 fully saturated rings. The smallest absolute Gasteiger partial charge is 0.223 e. The minimum Gasteiger partial charge on any atom is -0.380 e. The van der Waals surface area contributed by atoms with Crippen molar-refractivity contribution in [2.75, 3.05) is 32.8 Å². The standard InChI is InChI=1S/C13H24N2O2/c16-13(15-8-2-1-3-9-15)6-7-14-12-5-4-10-17-11-12/h12,14H,1-11H2. The van der Waals surface area contributed by atoms with Crippen LogP contribution in [0.1, 0.15) is 38.5 Å².